The molecule has 0 aliphatic rings. The van der Waals surface area contributed by atoms with Crippen LogP contribution in [0.25, 0.3) is 0 Å². The summed E-state index contributed by atoms with van der Waals surface area (Å²) in [5, 5.41) is 18.9. The van der Waals surface area contributed by atoms with Crippen LogP contribution in [-0.2, 0) is 9.53 Å². The van der Waals surface area contributed by atoms with Gasteiger partial charge in [-0.3, -0.25) is 9.69 Å². The molecule has 0 amide bonds. The largest absolute Gasteiger partial charge is 0.508 e. The Bertz CT molecular complexity index is 449. The van der Waals surface area contributed by atoms with Crippen molar-refractivity contribution in [2.45, 2.75) is 13.0 Å². The van der Waals surface area contributed by atoms with Crippen LogP contribution in [0.2, 0.25) is 0 Å². The van der Waals surface area contributed by atoms with Gasteiger partial charge in [-0.2, -0.15) is 0 Å². The average Bonchev–Trinajstić information content (AvgIpc) is 2.43. The van der Waals surface area contributed by atoms with Crippen LogP contribution in [0.15, 0.2) is 18.2 Å². The number of rotatable bonds is 8. The van der Waals surface area contributed by atoms with E-state index in [0.29, 0.717) is 24.5 Å². The number of carboxylic acids is 1. The molecule has 2 N–H and O–H groups in total. The zero-order valence-electron chi connectivity index (χ0n) is 12.0. The second-order valence-corrected chi connectivity index (χ2v) is 4.46. The first-order chi connectivity index (χ1) is 9.49. The third kappa shape index (κ3) is 4.40. The van der Waals surface area contributed by atoms with Crippen molar-refractivity contribution >= 4 is 5.97 Å². The maximum Gasteiger partial charge on any atom is 0.317 e. The third-order valence-corrected chi connectivity index (χ3v) is 3.15. The Morgan fingerprint density at radius 3 is 2.65 bits per heavy atom. The molecule has 0 heterocycles. The molecular weight excluding hydrogens is 262 g/mol. The number of nitrogens with zero attached hydrogens (tertiary/aromatic N) is 1. The molecule has 112 valence electrons. The molecule has 6 heteroatoms. The number of carboxylic acid groups (broad SMARTS) is 1. The number of phenols is 1. The lowest BCUT2D eigenvalue weighted by atomic mass is 10.1. The highest BCUT2D eigenvalue weighted by atomic mass is 16.5. The summed E-state index contributed by atoms with van der Waals surface area (Å²) in [6, 6.07) is 4.64. The predicted molar refractivity (Wildman–Crippen MR) is 74.2 cm³/mol. The minimum absolute atomic E-state index is 0.117. The number of methoxy groups -OCH3 is 2. The first-order valence-corrected chi connectivity index (χ1v) is 6.31. The summed E-state index contributed by atoms with van der Waals surface area (Å²) in [4.78, 5) is 12.7. The van der Waals surface area contributed by atoms with Crippen molar-refractivity contribution in [1.29, 1.82) is 0 Å². The van der Waals surface area contributed by atoms with Gasteiger partial charge in [0.05, 0.1) is 20.3 Å². The lowest BCUT2D eigenvalue weighted by molar-refractivity contribution is -0.139. The highest BCUT2D eigenvalue weighted by Gasteiger charge is 2.21. The van der Waals surface area contributed by atoms with E-state index in [2.05, 4.69) is 0 Å². The van der Waals surface area contributed by atoms with E-state index in [9.17, 15) is 9.90 Å². The minimum atomic E-state index is -0.921. The van der Waals surface area contributed by atoms with E-state index in [1.54, 1.807) is 37.3 Å². The van der Waals surface area contributed by atoms with Crippen LogP contribution < -0.4 is 4.74 Å². The SMILES string of the molecule is COCCN(CC(=O)O)C(C)c1cc(OC)ccc1O. The molecule has 0 saturated heterocycles. The molecular formula is C14H21NO5. The molecule has 0 bridgehead atoms. The molecule has 0 spiro atoms. The van der Waals surface area contributed by atoms with E-state index < -0.39 is 5.97 Å². The first-order valence-electron chi connectivity index (χ1n) is 6.31. The summed E-state index contributed by atoms with van der Waals surface area (Å²) >= 11 is 0. The van der Waals surface area contributed by atoms with Gasteiger partial charge in [0.1, 0.15) is 11.5 Å². The van der Waals surface area contributed by atoms with E-state index in [-0.39, 0.29) is 18.3 Å². The predicted octanol–water partition coefficient (Wildman–Crippen LogP) is 1.49. The van der Waals surface area contributed by atoms with Crippen molar-refractivity contribution in [3.63, 3.8) is 0 Å². The smallest absolute Gasteiger partial charge is 0.317 e. The number of phenolic OH excluding ortho intramolecular Hbond substituents is 1. The van der Waals surface area contributed by atoms with Gasteiger partial charge in [0, 0.05) is 25.3 Å². The van der Waals surface area contributed by atoms with Crippen LogP contribution in [0.3, 0.4) is 0 Å². The summed E-state index contributed by atoms with van der Waals surface area (Å²) in [6.45, 7) is 2.59. The fourth-order valence-corrected chi connectivity index (χ4v) is 1.98. The van der Waals surface area contributed by atoms with Gasteiger partial charge in [-0.05, 0) is 25.1 Å². The number of benzene rings is 1. The van der Waals surface area contributed by atoms with Gasteiger partial charge < -0.3 is 19.7 Å². The molecule has 1 atom stereocenters. The van der Waals surface area contributed by atoms with E-state index in [0.717, 1.165) is 0 Å². The molecule has 20 heavy (non-hydrogen) atoms. The third-order valence-electron chi connectivity index (χ3n) is 3.15. The summed E-state index contributed by atoms with van der Waals surface area (Å²) < 4.78 is 10.1. The zero-order chi connectivity index (χ0) is 15.1. The summed E-state index contributed by atoms with van der Waals surface area (Å²) in [5.41, 5.74) is 0.627. The van der Waals surface area contributed by atoms with E-state index in [1.165, 1.54) is 0 Å². The van der Waals surface area contributed by atoms with Gasteiger partial charge >= 0.3 is 5.97 Å². The van der Waals surface area contributed by atoms with Crippen molar-refractivity contribution in [3.8, 4) is 11.5 Å². The van der Waals surface area contributed by atoms with Crippen molar-refractivity contribution in [3.05, 3.63) is 23.8 Å². The standard InChI is InChI=1S/C14H21NO5/c1-10(15(6-7-19-2)9-14(17)18)12-8-11(20-3)4-5-13(12)16/h4-5,8,10,16H,6-7,9H2,1-3H3,(H,17,18). The van der Waals surface area contributed by atoms with Crippen LogP contribution >= 0.6 is 0 Å². The fraction of sp³-hybridized carbons (Fsp3) is 0.500. The number of ether oxygens (including phenoxy) is 2. The summed E-state index contributed by atoms with van der Waals surface area (Å²) in [7, 11) is 3.10. The second kappa shape index (κ2) is 7.72. The molecule has 1 aromatic rings. The normalized spacial score (nSPS) is 12.4. The lowest BCUT2D eigenvalue weighted by Gasteiger charge is -2.28. The Labute approximate surface area is 118 Å². The summed E-state index contributed by atoms with van der Waals surface area (Å²) in [5.74, 6) is -0.187. The first kappa shape index (κ1) is 16.3. The number of aromatic hydroxyl groups is 1. The van der Waals surface area contributed by atoms with Crippen molar-refractivity contribution < 1.29 is 24.5 Å². The van der Waals surface area contributed by atoms with Gasteiger partial charge in [-0.15, -0.1) is 0 Å². The molecule has 0 aliphatic carbocycles. The Balaban J connectivity index is 2.97. The van der Waals surface area contributed by atoms with Crippen molar-refractivity contribution in [2.75, 3.05) is 33.9 Å². The molecule has 1 aromatic carbocycles. The van der Waals surface area contributed by atoms with Crippen LogP contribution in [-0.4, -0.2) is 55.0 Å². The Hall–Kier alpha value is -1.79. The Morgan fingerprint density at radius 2 is 2.10 bits per heavy atom. The highest BCUT2D eigenvalue weighted by Crippen LogP contribution is 2.31. The Morgan fingerprint density at radius 1 is 1.40 bits per heavy atom. The molecule has 1 unspecified atom stereocenters. The fourth-order valence-electron chi connectivity index (χ4n) is 1.98. The summed E-state index contributed by atoms with van der Waals surface area (Å²) in [6.07, 6.45) is 0. The van der Waals surface area contributed by atoms with Crippen LogP contribution in [0.5, 0.6) is 11.5 Å². The molecule has 0 saturated carbocycles. The quantitative estimate of drug-likeness (QED) is 0.752. The van der Waals surface area contributed by atoms with Gasteiger partial charge in [-0.25, -0.2) is 0 Å². The van der Waals surface area contributed by atoms with Crippen molar-refractivity contribution in [1.82, 2.24) is 4.90 Å². The molecule has 0 aromatic heterocycles. The second-order valence-electron chi connectivity index (χ2n) is 4.46. The van der Waals surface area contributed by atoms with Crippen molar-refractivity contribution in [2.24, 2.45) is 0 Å². The number of hydrogen-bond acceptors (Lipinski definition) is 5. The molecule has 0 fully saturated rings. The molecule has 1 rings (SSSR count). The topological polar surface area (TPSA) is 79.2 Å². The lowest BCUT2D eigenvalue weighted by Crippen LogP contribution is -2.35. The monoisotopic (exact) mass is 283 g/mol. The van der Waals surface area contributed by atoms with Crippen LogP contribution in [0.1, 0.15) is 18.5 Å². The minimum Gasteiger partial charge on any atom is -0.508 e. The molecule has 0 radical (unpaired) electrons. The van der Waals surface area contributed by atoms with Gasteiger partial charge in [0.15, 0.2) is 0 Å². The van der Waals surface area contributed by atoms with E-state index in [4.69, 9.17) is 14.6 Å². The van der Waals surface area contributed by atoms with E-state index in [1.807, 2.05) is 6.92 Å². The van der Waals surface area contributed by atoms with Gasteiger partial charge in [0.25, 0.3) is 0 Å². The molecule has 0 aliphatic heterocycles. The van der Waals surface area contributed by atoms with E-state index >= 15 is 0 Å². The average molecular weight is 283 g/mol. The number of hydrogen-bond donors (Lipinski definition) is 2. The van der Waals surface area contributed by atoms with Gasteiger partial charge in [-0.1, -0.05) is 0 Å². The number of aliphatic carboxylic acids is 1. The Kier molecular flexibility index (Phi) is 6.27. The highest BCUT2D eigenvalue weighted by molar-refractivity contribution is 5.69. The molecule has 6 nitrogen and oxygen atoms in total. The number of carbonyl (C=O) groups is 1. The maximum absolute atomic E-state index is 10.9. The maximum atomic E-state index is 10.9. The van der Waals surface area contributed by atoms with Crippen LogP contribution in [0, 0.1) is 0 Å². The van der Waals surface area contributed by atoms with Gasteiger partial charge in [0.2, 0.25) is 0 Å². The van der Waals surface area contributed by atoms with Crippen LogP contribution in [0.4, 0.5) is 0 Å². The zero-order valence-corrected chi connectivity index (χ0v) is 12.0.